The molecule has 1 nitrogen and oxygen atoms in total. The van der Waals surface area contributed by atoms with Gasteiger partial charge in [-0.15, -0.1) is 0 Å². The van der Waals surface area contributed by atoms with Gasteiger partial charge in [-0.2, -0.15) is 0 Å². The van der Waals surface area contributed by atoms with Gasteiger partial charge in [0, 0.05) is 6.04 Å². The van der Waals surface area contributed by atoms with Crippen LogP contribution in [0.5, 0.6) is 0 Å². The van der Waals surface area contributed by atoms with E-state index in [0.717, 1.165) is 0 Å². The Labute approximate surface area is 45.9 Å². The summed E-state index contributed by atoms with van der Waals surface area (Å²) < 4.78 is 0. The largest absolute Gasteiger partial charge is 0.328 e. The first-order valence-corrected chi connectivity index (χ1v) is 2.94. The second-order valence-corrected chi connectivity index (χ2v) is 2.24. The minimum Gasteiger partial charge on any atom is -0.328 e. The molecule has 0 saturated carbocycles. The van der Waals surface area contributed by atoms with Crippen LogP contribution in [0.15, 0.2) is 0 Å². The van der Waals surface area contributed by atoms with E-state index in [1.165, 1.54) is 6.42 Å². The summed E-state index contributed by atoms with van der Waals surface area (Å²) in [5.74, 6) is 0.681. The van der Waals surface area contributed by atoms with E-state index in [-0.39, 0.29) is 0 Å². The van der Waals surface area contributed by atoms with Gasteiger partial charge in [0.25, 0.3) is 0 Å². The Bertz CT molecular complexity index is 41.4. The summed E-state index contributed by atoms with van der Waals surface area (Å²) in [5.41, 5.74) is 5.55. The molecule has 0 aliphatic carbocycles. The van der Waals surface area contributed by atoms with Gasteiger partial charge in [-0.05, 0) is 12.8 Å². The van der Waals surface area contributed by atoms with Gasteiger partial charge in [0.2, 0.25) is 0 Å². The van der Waals surface area contributed by atoms with Crippen LogP contribution in [0.4, 0.5) is 0 Å². The maximum atomic E-state index is 5.55. The van der Waals surface area contributed by atoms with Crippen LogP contribution in [0.25, 0.3) is 0 Å². The van der Waals surface area contributed by atoms with Crippen LogP contribution in [-0.2, 0) is 0 Å². The average molecular weight is 101 g/mol. The molecular weight excluding hydrogens is 86.1 g/mol. The molecule has 0 rings (SSSR count). The van der Waals surface area contributed by atoms with Gasteiger partial charge in [0.05, 0.1) is 0 Å². The fourth-order valence-corrected chi connectivity index (χ4v) is 0.372. The average Bonchev–Trinajstić information content (AvgIpc) is 1.65. The molecule has 0 aromatic carbocycles. The molecule has 0 radical (unpaired) electrons. The Morgan fingerprint density at radius 3 is 1.86 bits per heavy atom. The molecule has 0 aromatic rings. The highest BCUT2D eigenvalue weighted by Gasteiger charge is 2.01. The smallest absolute Gasteiger partial charge is 0.00360 e. The summed E-state index contributed by atoms with van der Waals surface area (Å²) in [6.45, 7) is 6.38. The van der Waals surface area contributed by atoms with E-state index >= 15 is 0 Å². The third kappa shape index (κ3) is 2.63. The minimum atomic E-state index is 0.366. The third-order valence-electron chi connectivity index (χ3n) is 1.54. The van der Waals surface area contributed by atoms with Crippen LogP contribution in [0.2, 0.25) is 0 Å². The van der Waals surface area contributed by atoms with Crippen molar-refractivity contribution in [3.63, 3.8) is 0 Å². The number of rotatable bonds is 2. The summed E-state index contributed by atoms with van der Waals surface area (Å²) in [5, 5.41) is 0. The molecule has 2 atom stereocenters. The van der Waals surface area contributed by atoms with Gasteiger partial charge in [-0.1, -0.05) is 20.3 Å². The lowest BCUT2D eigenvalue weighted by atomic mass is 10.0. The summed E-state index contributed by atoms with van der Waals surface area (Å²) >= 11 is 0. The van der Waals surface area contributed by atoms with Crippen molar-refractivity contribution in [1.82, 2.24) is 0 Å². The van der Waals surface area contributed by atoms with Gasteiger partial charge >= 0.3 is 0 Å². The van der Waals surface area contributed by atoms with E-state index < -0.39 is 0 Å². The lowest BCUT2D eigenvalue weighted by Gasteiger charge is -2.10. The number of nitrogens with two attached hydrogens (primary N) is 1. The quantitative estimate of drug-likeness (QED) is 0.558. The molecule has 0 aromatic heterocycles. The normalized spacial score (nSPS) is 18.9. The summed E-state index contributed by atoms with van der Waals surface area (Å²) in [6, 6.07) is 0.366. The van der Waals surface area contributed by atoms with Gasteiger partial charge in [0.1, 0.15) is 0 Å². The van der Waals surface area contributed by atoms with Crippen molar-refractivity contribution in [1.29, 1.82) is 0 Å². The van der Waals surface area contributed by atoms with Crippen molar-refractivity contribution in [2.75, 3.05) is 0 Å². The predicted octanol–water partition coefficient (Wildman–Crippen LogP) is 1.38. The van der Waals surface area contributed by atoms with Crippen molar-refractivity contribution in [3.8, 4) is 0 Å². The van der Waals surface area contributed by atoms with Crippen LogP contribution >= 0.6 is 0 Å². The van der Waals surface area contributed by atoms with Crippen LogP contribution in [-0.4, -0.2) is 6.04 Å². The molecule has 44 valence electrons. The SMILES string of the molecule is CC[C@@H](C)[C@H](C)N. The van der Waals surface area contributed by atoms with Crippen molar-refractivity contribution in [3.05, 3.63) is 0 Å². The maximum Gasteiger partial charge on any atom is 0.00360 e. The number of hydrogen-bond donors (Lipinski definition) is 1. The van der Waals surface area contributed by atoms with Crippen molar-refractivity contribution < 1.29 is 0 Å². The monoisotopic (exact) mass is 101 g/mol. The molecule has 7 heavy (non-hydrogen) atoms. The Morgan fingerprint density at radius 2 is 1.86 bits per heavy atom. The first kappa shape index (κ1) is 6.96. The van der Waals surface area contributed by atoms with Gasteiger partial charge in [0.15, 0.2) is 0 Å². The second-order valence-electron chi connectivity index (χ2n) is 2.24. The van der Waals surface area contributed by atoms with Gasteiger partial charge in [-0.3, -0.25) is 0 Å². The molecule has 0 heterocycles. The standard InChI is InChI=1S/C6H15N/c1-4-5(2)6(3)7/h5-6H,4,7H2,1-3H3/t5-,6+/m1/s1. The predicted molar refractivity (Wildman–Crippen MR) is 33.1 cm³/mol. The van der Waals surface area contributed by atoms with E-state index in [0.29, 0.717) is 12.0 Å². The van der Waals surface area contributed by atoms with Gasteiger partial charge in [-0.25, -0.2) is 0 Å². The zero-order chi connectivity index (χ0) is 5.86. The minimum absolute atomic E-state index is 0.366. The van der Waals surface area contributed by atoms with Gasteiger partial charge < -0.3 is 5.73 Å². The lowest BCUT2D eigenvalue weighted by molar-refractivity contribution is 0.470. The van der Waals surface area contributed by atoms with Crippen LogP contribution in [0.3, 0.4) is 0 Å². The molecular formula is C6H15N. The summed E-state index contributed by atoms with van der Waals surface area (Å²) in [4.78, 5) is 0. The maximum absolute atomic E-state index is 5.55. The zero-order valence-corrected chi connectivity index (χ0v) is 5.44. The number of hydrogen-bond acceptors (Lipinski definition) is 1. The van der Waals surface area contributed by atoms with E-state index in [9.17, 15) is 0 Å². The summed E-state index contributed by atoms with van der Waals surface area (Å²) in [7, 11) is 0. The van der Waals surface area contributed by atoms with Crippen LogP contribution < -0.4 is 5.73 Å². The molecule has 0 aliphatic rings. The Hall–Kier alpha value is -0.0400. The van der Waals surface area contributed by atoms with E-state index in [1.54, 1.807) is 0 Å². The fraction of sp³-hybridized carbons (Fsp3) is 1.00. The summed E-state index contributed by atoms with van der Waals surface area (Å²) in [6.07, 6.45) is 1.19. The van der Waals surface area contributed by atoms with E-state index in [2.05, 4.69) is 13.8 Å². The van der Waals surface area contributed by atoms with Crippen molar-refractivity contribution >= 4 is 0 Å². The molecule has 0 bridgehead atoms. The molecule has 0 fully saturated rings. The molecule has 0 aliphatic heterocycles. The van der Waals surface area contributed by atoms with Crippen LogP contribution in [0.1, 0.15) is 27.2 Å². The van der Waals surface area contributed by atoms with E-state index in [1.807, 2.05) is 6.92 Å². The Balaban J connectivity index is 3.14. The molecule has 0 spiro atoms. The first-order valence-electron chi connectivity index (χ1n) is 2.94. The first-order chi connectivity index (χ1) is 3.18. The van der Waals surface area contributed by atoms with Crippen molar-refractivity contribution in [2.45, 2.75) is 33.2 Å². The zero-order valence-electron chi connectivity index (χ0n) is 5.44. The third-order valence-corrected chi connectivity index (χ3v) is 1.54. The highest BCUT2D eigenvalue weighted by Crippen LogP contribution is 2.02. The molecule has 2 N–H and O–H groups in total. The van der Waals surface area contributed by atoms with Crippen LogP contribution in [0, 0.1) is 5.92 Å². The highest BCUT2D eigenvalue weighted by molar-refractivity contribution is 4.59. The van der Waals surface area contributed by atoms with Crippen molar-refractivity contribution in [2.24, 2.45) is 11.7 Å². The second kappa shape index (κ2) is 3.03. The molecule has 1 heteroatoms. The lowest BCUT2D eigenvalue weighted by Crippen LogP contribution is -2.23. The Kier molecular flexibility index (Phi) is 3.01. The molecule has 0 unspecified atom stereocenters. The van der Waals surface area contributed by atoms with E-state index in [4.69, 9.17) is 5.73 Å². The highest BCUT2D eigenvalue weighted by atomic mass is 14.6. The topological polar surface area (TPSA) is 26.0 Å². The fourth-order valence-electron chi connectivity index (χ4n) is 0.372. The molecule has 0 saturated heterocycles. The Morgan fingerprint density at radius 1 is 1.43 bits per heavy atom. The molecule has 0 amide bonds.